The summed E-state index contributed by atoms with van der Waals surface area (Å²) in [6.45, 7) is 4.38. The molecule has 0 saturated heterocycles. The number of carbonyl (C=O) groups excluding carboxylic acids is 1. The highest BCUT2D eigenvalue weighted by Gasteiger charge is 2.42. The van der Waals surface area contributed by atoms with E-state index in [1.54, 1.807) is 0 Å². The van der Waals surface area contributed by atoms with Gasteiger partial charge in [-0.3, -0.25) is 9.69 Å². The molecule has 4 nitrogen and oxygen atoms in total. The molecule has 0 amide bonds. The Bertz CT molecular complexity index is 215. The third-order valence-corrected chi connectivity index (χ3v) is 2.94. The highest BCUT2D eigenvalue weighted by atomic mass is 16.5. The Balaban J connectivity index is 2.23. The number of rotatable bonds is 7. The summed E-state index contributed by atoms with van der Waals surface area (Å²) in [6, 6.07) is 0. The van der Waals surface area contributed by atoms with Gasteiger partial charge in [-0.1, -0.05) is 0 Å². The third-order valence-electron chi connectivity index (χ3n) is 2.94. The topological polar surface area (TPSA) is 55.6 Å². The van der Waals surface area contributed by atoms with Crippen molar-refractivity contribution in [1.29, 1.82) is 0 Å². The molecule has 1 aliphatic rings. The van der Waals surface area contributed by atoms with Crippen molar-refractivity contribution >= 4 is 5.97 Å². The molecular weight excluding hydrogens is 192 g/mol. The fourth-order valence-corrected chi connectivity index (χ4v) is 2.03. The maximum absolute atomic E-state index is 11.2. The van der Waals surface area contributed by atoms with Crippen molar-refractivity contribution in [3.63, 3.8) is 0 Å². The van der Waals surface area contributed by atoms with Crippen LogP contribution in [0.3, 0.4) is 0 Å². The second-order valence-corrected chi connectivity index (χ2v) is 4.52. The van der Waals surface area contributed by atoms with Crippen LogP contribution < -0.4 is 5.73 Å². The average molecular weight is 214 g/mol. The van der Waals surface area contributed by atoms with Crippen molar-refractivity contribution in [2.24, 2.45) is 11.1 Å². The molecule has 0 atom stereocenters. The Morgan fingerprint density at radius 2 is 2.20 bits per heavy atom. The van der Waals surface area contributed by atoms with Crippen molar-refractivity contribution in [2.75, 3.05) is 33.3 Å². The van der Waals surface area contributed by atoms with Gasteiger partial charge in [-0.25, -0.2) is 0 Å². The van der Waals surface area contributed by atoms with Crippen LogP contribution in [0.15, 0.2) is 0 Å². The molecule has 0 aromatic heterocycles. The second-order valence-electron chi connectivity index (χ2n) is 4.52. The molecule has 0 aliphatic heterocycles. The molecule has 2 N–H and O–H groups in total. The van der Waals surface area contributed by atoms with E-state index in [9.17, 15) is 4.79 Å². The number of likely N-dealkylation sites (N-methyl/N-ethyl adjacent to an activating group) is 1. The van der Waals surface area contributed by atoms with E-state index in [4.69, 9.17) is 10.5 Å². The Labute approximate surface area is 91.8 Å². The van der Waals surface area contributed by atoms with Crippen LogP contribution in [0.25, 0.3) is 0 Å². The summed E-state index contributed by atoms with van der Waals surface area (Å²) < 4.78 is 4.90. The minimum Gasteiger partial charge on any atom is -0.465 e. The molecule has 0 aromatic carbocycles. The Morgan fingerprint density at radius 3 is 2.67 bits per heavy atom. The van der Waals surface area contributed by atoms with E-state index in [2.05, 4.69) is 0 Å². The molecule has 0 radical (unpaired) electrons. The van der Waals surface area contributed by atoms with Crippen LogP contribution in [0.1, 0.15) is 26.2 Å². The molecule has 0 unspecified atom stereocenters. The maximum atomic E-state index is 11.2. The monoisotopic (exact) mass is 214 g/mol. The van der Waals surface area contributed by atoms with Gasteiger partial charge in [-0.05, 0) is 45.2 Å². The van der Waals surface area contributed by atoms with Crippen LogP contribution in [-0.4, -0.2) is 44.2 Å². The van der Waals surface area contributed by atoms with Crippen LogP contribution in [0.4, 0.5) is 0 Å². The van der Waals surface area contributed by atoms with Crippen molar-refractivity contribution in [3.8, 4) is 0 Å². The largest absolute Gasteiger partial charge is 0.465 e. The molecule has 88 valence electrons. The summed E-state index contributed by atoms with van der Waals surface area (Å²) >= 11 is 0. The first-order chi connectivity index (χ1) is 7.12. The molecule has 1 aliphatic carbocycles. The van der Waals surface area contributed by atoms with E-state index in [1.807, 2.05) is 18.9 Å². The quantitative estimate of drug-likeness (QED) is 0.631. The minimum atomic E-state index is -0.136. The first kappa shape index (κ1) is 12.5. The molecular formula is C11H22N2O2. The lowest BCUT2D eigenvalue weighted by Crippen LogP contribution is -2.33. The first-order valence-corrected chi connectivity index (χ1v) is 5.66. The van der Waals surface area contributed by atoms with Gasteiger partial charge in [0, 0.05) is 6.54 Å². The van der Waals surface area contributed by atoms with E-state index in [-0.39, 0.29) is 5.97 Å². The van der Waals surface area contributed by atoms with Crippen LogP contribution in [0.2, 0.25) is 0 Å². The van der Waals surface area contributed by atoms with Gasteiger partial charge in [0.25, 0.3) is 0 Å². The van der Waals surface area contributed by atoms with Gasteiger partial charge in [0.15, 0.2) is 0 Å². The standard InChI is InChI=1S/C11H22N2O2/c1-3-15-10(14)8-13(2)9-11(4-5-11)6-7-12/h3-9,12H2,1-2H3. The van der Waals surface area contributed by atoms with Gasteiger partial charge in [-0.15, -0.1) is 0 Å². The molecule has 1 fully saturated rings. The van der Waals surface area contributed by atoms with Crippen molar-refractivity contribution in [2.45, 2.75) is 26.2 Å². The van der Waals surface area contributed by atoms with Crippen LogP contribution in [-0.2, 0) is 9.53 Å². The van der Waals surface area contributed by atoms with Crippen LogP contribution in [0.5, 0.6) is 0 Å². The lowest BCUT2D eigenvalue weighted by Gasteiger charge is -2.22. The lowest BCUT2D eigenvalue weighted by molar-refractivity contribution is -0.144. The molecule has 0 aromatic rings. The summed E-state index contributed by atoms with van der Waals surface area (Å²) in [5.74, 6) is -0.136. The predicted molar refractivity (Wildman–Crippen MR) is 59.5 cm³/mol. The maximum Gasteiger partial charge on any atom is 0.320 e. The minimum absolute atomic E-state index is 0.136. The Kier molecular flexibility index (Phi) is 4.54. The summed E-state index contributed by atoms with van der Waals surface area (Å²) in [4.78, 5) is 13.3. The number of nitrogens with zero attached hydrogens (tertiary/aromatic N) is 1. The van der Waals surface area contributed by atoms with Gasteiger partial charge in [-0.2, -0.15) is 0 Å². The second kappa shape index (κ2) is 5.47. The zero-order valence-electron chi connectivity index (χ0n) is 9.79. The van der Waals surface area contributed by atoms with Crippen LogP contribution >= 0.6 is 0 Å². The van der Waals surface area contributed by atoms with Crippen LogP contribution in [0, 0.1) is 5.41 Å². The number of carbonyl (C=O) groups is 1. The first-order valence-electron chi connectivity index (χ1n) is 5.66. The third kappa shape index (κ3) is 4.18. The summed E-state index contributed by atoms with van der Waals surface area (Å²) in [7, 11) is 1.97. The average Bonchev–Trinajstić information content (AvgIpc) is 2.85. The van der Waals surface area contributed by atoms with Gasteiger partial charge in [0.05, 0.1) is 13.2 Å². The fraction of sp³-hybridized carbons (Fsp3) is 0.909. The highest BCUT2D eigenvalue weighted by molar-refractivity contribution is 5.71. The Morgan fingerprint density at radius 1 is 1.53 bits per heavy atom. The summed E-state index contributed by atoms with van der Waals surface area (Å²) in [5.41, 5.74) is 5.97. The number of esters is 1. The van der Waals surface area contributed by atoms with Gasteiger partial charge in [0.1, 0.15) is 0 Å². The fourth-order valence-electron chi connectivity index (χ4n) is 2.03. The zero-order valence-corrected chi connectivity index (χ0v) is 9.79. The zero-order chi connectivity index (χ0) is 11.3. The molecule has 0 heterocycles. The van der Waals surface area contributed by atoms with E-state index in [0.717, 1.165) is 19.5 Å². The Hall–Kier alpha value is -0.610. The van der Waals surface area contributed by atoms with Crippen molar-refractivity contribution in [3.05, 3.63) is 0 Å². The van der Waals surface area contributed by atoms with E-state index >= 15 is 0 Å². The molecule has 1 saturated carbocycles. The molecule has 4 heteroatoms. The lowest BCUT2D eigenvalue weighted by atomic mass is 10.0. The van der Waals surface area contributed by atoms with E-state index in [0.29, 0.717) is 18.6 Å². The highest BCUT2D eigenvalue weighted by Crippen LogP contribution is 2.48. The van der Waals surface area contributed by atoms with Gasteiger partial charge >= 0.3 is 5.97 Å². The number of hydrogen-bond acceptors (Lipinski definition) is 4. The van der Waals surface area contributed by atoms with Crippen molar-refractivity contribution < 1.29 is 9.53 Å². The summed E-state index contributed by atoms with van der Waals surface area (Å²) in [5, 5.41) is 0. The predicted octanol–water partition coefficient (Wildman–Crippen LogP) is 0.610. The van der Waals surface area contributed by atoms with Gasteiger partial charge < -0.3 is 10.5 Å². The molecule has 0 bridgehead atoms. The number of hydrogen-bond donors (Lipinski definition) is 1. The number of nitrogens with two attached hydrogens (primary N) is 1. The van der Waals surface area contributed by atoms with E-state index < -0.39 is 0 Å². The van der Waals surface area contributed by atoms with Gasteiger partial charge in [0.2, 0.25) is 0 Å². The molecule has 1 rings (SSSR count). The summed E-state index contributed by atoms with van der Waals surface area (Å²) in [6.07, 6.45) is 3.56. The molecule has 0 spiro atoms. The normalized spacial score (nSPS) is 17.9. The smallest absolute Gasteiger partial charge is 0.320 e. The number of ether oxygens (including phenoxy) is 1. The SMILES string of the molecule is CCOC(=O)CN(C)CC1(CCN)CC1. The molecule has 15 heavy (non-hydrogen) atoms. The van der Waals surface area contributed by atoms with Crippen molar-refractivity contribution in [1.82, 2.24) is 4.90 Å². The van der Waals surface area contributed by atoms with E-state index in [1.165, 1.54) is 12.8 Å².